The van der Waals surface area contributed by atoms with Gasteiger partial charge in [0.1, 0.15) is 0 Å². The number of benzene rings is 2. The predicted molar refractivity (Wildman–Crippen MR) is 99.0 cm³/mol. The second-order valence-corrected chi connectivity index (χ2v) is 6.70. The Morgan fingerprint density at radius 2 is 2.13 bits per heavy atom. The molecule has 0 saturated heterocycles. The highest BCUT2D eigenvalue weighted by Crippen LogP contribution is 2.33. The van der Waals surface area contributed by atoms with Crippen LogP contribution in [0.15, 0.2) is 41.9 Å². The fourth-order valence-electron chi connectivity index (χ4n) is 2.88. The third-order valence-corrected chi connectivity index (χ3v) is 4.77. The average molecular weight is 343 g/mol. The molecule has 0 fully saturated rings. The van der Waals surface area contributed by atoms with E-state index in [4.69, 9.17) is 17.3 Å². The van der Waals surface area contributed by atoms with Crippen LogP contribution in [0, 0.1) is 0 Å². The SMILES string of the molecule is NCCc1cc(Nc2nccs2)cc2c1[nH]c1ccc(Cl)cc12. The van der Waals surface area contributed by atoms with E-state index in [9.17, 15) is 0 Å². The van der Waals surface area contributed by atoms with Crippen molar-refractivity contribution in [3.05, 3.63) is 52.5 Å². The summed E-state index contributed by atoms with van der Waals surface area (Å²) in [5, 5.41) is 9.19. The fraction of sp³-hybridized carbons (Fsp3) is 0.118. The Morgan fingerprint density at radius 1 is 1.22 bits per heavy atom. The number of H-pyrrole nitrogens is 1. The van der Waals surface area contributed by atoms with Gasteiger partial charge in [-0.15, -0.1) is 11.3 Å². The van der Waals surface area contributed by atoms with Gasteiger partial charge >= 0.3 is 0 Å². The van der Waals surface area contributed by atoms with E-state index >= 15 is 0 Å². The quantitative estimate of drug-likeness (QED) is 0.504. The molecule has 4 nitrogen and oxygen atoms in total. The third kappa shape index (κ3) is 2.67. The molecule has 4 aromatic rings. The van der Waals surface area contributed by atoms with Crippen LogP contribution >= 0.6 is 22.9 Å². The Balaban J connectivity index is 1.94. The number of halogens is 1. The molecule has 2 heterocycles. The molecule has 6 heteroatoms. The van der Waals surface area contributed by atoms with E-state index in [1.807, 2.05) is 23.6 Å². The number of nitrogens with zero attached hydrogens (tertiary/aromatic N) is 1. The van der Waals surface area contributed by atoms with Crippen LogP contribution in [0.2, 0.25) is 5.02 Å². The second kappa shape index (κ2) is 5.85. The van der Waals surface area contributed by atoms with Gasteiger partial charge in [0.25, 0.3) is 0 Å². The van der Waals surface area contributed by atoms with Gasteiger partial charge in [-0.25, -0.2) is 4.98 Å². The highest BCUT2D eigenvalue weighted by Gasteiger charge is 2.11. The minimum atomic E-state index is 0.603. The number of hydrogen-bond donors (Lipinski definition) is 3. The predicted octanol–water partition coefficient (Wildman–Crippen LogP) is 4.68. The number of hydrogen-bond acceptors (Lipinski definition) is 4. The molecule has 2 aromatic carbocycles. The van der Waals surface area contributed by atoms with Crippen LogP contribution in [0.1, 0.15) is 5.56 Å². The molecule has 0 spiro atoms. The van der Waals surface area contributed by atoms with Crippen LogP contribution in [-0.2, 0) is 6.42 Å². The van der Waals surface area contributed by atoms with Crippen LogP contribution in [0.5, 0.6) is 0 Å². The van der Waals surface area contributed by atoms with E-state index in [0.29, 0.717) is 6.54 Å². The minimum Gasteiger partial charge on any atom is -0.354 e. The monoisotopic (exact) mass is 342 g/mol. The van der Waals surface area contributed by atoms with Gasteiger partial charge in [-0.1, -0.05) is 11.6 Å². The molecule has 0 aliphatic carbocycles. The number of nitrogens with one attached hydrogen (secondary N) is 2. The van der Waals surface area contributed by atoms with E-state index < -0.39 is 0 Å². The molecular formula is C17H15ClN4S. The highest BCUT2D eigenvalue weighted by molar-refractivity contribution is 7.13. The van der Waals surface area contributed by atoms with Gasteiger partial charge in [-0.3, -0.25) is 0 Å². The maximum Gasteiger partial charge on any atom is 0.187 e. The van der Waals surface area contributed by atoms with E-state index in [2.05, 4.69) is 27.4 Å². The summed E-state index contributed by atoms with van der Waals surface area (Å²) >= 11 is 7.75. The minimum absolute atomic E-state index is 0.603. The lowest BCUT2D eigenvalue weighted by atomic mass is 10.1. The number of anilines is 2. The normalized spacial score (nSPS) is 11.4. The molecule has 116 valence electrons. The van der Waals surface area contributed by atoms with E-state index in [0.717, 1.165) is 44.1 Å². The highest BCUT2D eigenvalue weighted by atomic mass is 35.5. The zero-order chi connectivity index (χ0) is 15.8. The van der Waals surface area contributed by atoms with Crippen molar-refractivity contribution < 1.29 is 0 Å². The number of rotatable bonds is 4. The topological polar surface area (TPSA) is 66.7 Å². The molecule has 0 radical (unpaired) electrons. The first-order valence-electron chi connectivity index (χ1n) is 7.35. The molecule has 4 rings (SSSR count). The molecule has 0 amide bonds. The molecular weight excluding hydrogens is 328 g/mol. The van der Waals surface area contributed by atoms with Crippen LogP contribution in [0.3, 0.4) is 0 Å². The van der Waals surface area contributed by atoms with Crippen LogP contribution in [0.4, 0.5) is 10.8 Å². The van der Waals surface area contributed by atoms with E-state index in [1.165, 1.54) is 5.56 Å². The van der Waals surface area contributed by atoms with Crippen molar-refractivity contribution in [1.82, 2.24) is 9.97 Å². The molecule has 0 unspecified atom stereocenters. The zero-order valence-corrected chi connectivity index (χ0v) is 13.8. The Bertz CT molecular complexity index is 975. The Hall–Kier alpha value is -2.08. The van der Waals surface area contributed by atoms with Gasteiger partial charge < -0.3 is 16.0 Å². The van der Waals surface area contributed by atoms with Crippen molar-refractivity contribution in [3.63, 3.8) is 0 Å². The van der Waals surface area contributed by atoms with Gasteiger partial charge in [-0.05, 0) is 48.9 Å². The van der Waals surface area contributed by atoms with Crippen LogP contribution in [0.25, 0.3) is 21.8 Å². The first kappa shape index (κ1) is 14.5. The van der Waals surface area contributed by atoms with Crippen molar-refractivity contribution in [1.29, 1.82) is 0 Å². The summed E-state index contributed by atoms with van der Waals surface area (Å²) in [4.78, 5) is 7.77. The molecule has 4 N–H and O–H groups in total. The Kier molecular flexibility index (Phi) is 3.69. The average Bonchev–Trinajstić information content (AvgIpc) is 3.16. The zero-order valence-electron chi connectivity index (χ0n) is 12.3. The molecule has 0 aliphatic heterocycles. The van der Waals surface area contributed by atoms with Crippen molar-refractivity contribution >= 4 is 55.6 Å². The smallest absolute Gasteiger partial charge is 0.187 e. The standard InChI is InChI=1S/C17H15ClN4S/c18-11-1-2-15-13(8-11)14-9-12(21-17-20-5-6-23-17)7-10(3-4-19)16(14)22-15/h1-2,5-9,22H,3-4,19H2,(H,20,21). The molecule has 0 saturated carbocycles. The van der Waals surface area contributed by atoms with Crippen molar-refractivity contribution in [3.8, 4) is 0 Å². The summed E-state index contributed by atoms with van der Waals surface area (Å²) in [5.74, 6) is 0. The lowest BCUT2D eigenvalue weighted by Crippen LogP contribution is -2.03. The number of nitrogens with two attached hydrogens (primary N) is 1. The lowest BCUT2D eigenvalue weighted by molar-refractivity contribution is 0.975. The summed E-state index contributed by atoms with van der Waals surface area (Å²) in [5.41, 5.74) is 10.2. The van der Waals surface area contributed by atoms with Crippen molar-refractivity contribution in [2.75, 3.05) is 11.9 Å². The Labute approximate surface area is 142 Å². The fourth-order valence-corrected chi connectivity index (χ4v) is 3.60. The van der Waals surface area contributed by atoms with Gasteiger partial charge in [0.15, 0.2) is 5.13 Å². The Morgan fingerprint density at radius 3 is 2.91 bits per heavy atom. The molecule has 0 aliphatic rings. The molecule has 2 aromatic heterocycles. The maximum absolute atomic E-state index is 6.17. The number of aromatic nitrogens is 2. The van der Waals surface area contributed by atoms with Crippen LogP contribution in [-0.4, -0.2) is 16.5 Å². The van der Waals surface area contributed by atoms with Crippen molar-refractivity contribution in [2.24, 2.45) is 5.73 Å². The van der Waals surface area contributed by atoms with Gasteiger partial charge in [-0.2, -0.15) is 0 Å². The number of thiazole rings is 1. The first-order chi connectivity index (χ1) is 11.2. The van der Waals surface area contributed by atoms with E-state index in [1.54, 1.807) is 17.5 Å². The van der Waals surface area contributed by atoms with Gasteiger partial charge in [0, 0.05) is 44.1 Å². The number of aromatic amines is 1. The van der Waals surface area contributed by atoms with Crippen LogP contribution < -0.4 is 11.1 Å². The largest absolute Gasteiger partial charge is 0.354 e. The lowest BCUT2D eigenvalue weighted by Gasteiger charge is -2.08. The summed E-state index contributed by atoms with van der Waals surface area (Å²) in [6.07, 6.45) is 2.60. The number of fused-ring (bicyclic) bond motifs is 3. The molecule has 0 bridgehead atoms. The summed E-state index contributed by atoms with van der Waals surface area (Å²) < 4.78 is 0. The molecule has 0 atom stereocenters. The second-order valence-electron chi connectivity index (χ2n) is 5.37. The summed E-state index contributed by atoms with van der Waals surface area (Å²) in [7, 11) is 0. The molecule has 23 heavy (non-hydrogen) atoms. The maximum atomic E-state index is 6.17. The van der Waals surface area contributed by atoms with Gasteiger partial charge in [0.2, 0.25) is 0 Å². The van der Waals surface area contributed by atoms with Crippen molar-refractivity contribution in [2.45, 2.75) is 6.42 Å². The first-order valence-corrected chi connectivity index (χ1v) is 8.61. The summed E-state index contributed by atoms with van der Waals surface area (Å²) in [6, 6.07) is 10.2. The third-order valence-electron chi connectivity index (χ3n) is 3.85. The van der Waals surface area contributed by atoms with E-state index in [-0.39, 0.29) is 0 Å². The van der Waals surface area contributed by atoms with Gasteiger partial charge in [0.05, 0.1) is 0 Å². The summed E-state index contributed by atoms with van der Waals surface area (Å²) in [6.45, 7) is 0.603.